The first-order valence-corrected chi connectivity index (χ1v) is 5.38. The molecule has 1 aromatic rings. The number of aromatic nitrogens is 1. The van der Waals surface area contributed by atoms with Crippen molar-refractivity contribution in [2.24, 2.45) is 0 Å². The Morgan fingerprint density at radius 1 is 1.50 bits per heavy atom. The number of carbonyl (C=O) groups excluding carboxylic acids is 1. The molecule has 1 rings (SSSR count). The third-order valence-corrected chi connectivity index (χ3v) is 1.93. The highest BCUT2D eigenvalue weighted by molar-refractivity contribution is 6.31. The molecule has 1 amide bonds. The highest BCUT2D eigenvalue weighted by Gasteiger charge is 2.18. The molecule has 7 nitrogen and oxygen atoms in total. The van der Waals surface area contributed by atoms with Crippen molar-refractivity contribution in [2.45, 2.75) is 26.4 Å². The number of hydrogen-bond acceptors (Lipinski definition) is 5. The molecule has 0 unspecified atom stereocenters. The molecular formula is C10H12ClN3O4. The zero-order chi connectivity index (χ0) is 13.9. The first-order chi connectivity index (χ1) is 8.19. The Morgan fingerprint density at radius 2 is 2.11 bits per heavy atom. The Hall–Kier alpha value is -1.89. The van der Waals surface area contributed by atoms with E-state index in [0.29, 0.717) is 0 Å². The van der Waals surface area contributed by atoms with Gasteiger partial charge in [-0.05, 0) is 26.8 Å². The number of halogens is 1. The number of pyridine rings is 1. The number of anilines is 1. The average molecular weight is 274 g/mol. The first-order valence-electron chi connectivity index (χ1n) is 5.00. The van der Waals surface area contributed by atoms with E-state index in [0.717, 1.165) is 6.07 Å². The van der Waals surface area contributed by atoms with Crippen molar-refractivity contribution in [1.82, 2.24) is 4.98 Å². The van der Waals surface area contributed by atoms with Crippen molar-refractivity contribution in [3.8, 4) is 0 Å². The SMILES string of the molecule is CC(C)(C)OC(=O)Nc1ccc([N+](=O)[O-])c(Cl)n1. The molecule has 0 radical (unpaired) electrons. The van der Waals surface area contributed by atoms with E-state index in [1.807, 2.05) is 0 Å². The Labute approximate surface area is 108 Å². The van der Waals surface area contributed by atoms with E-state index in [9.17, 15) is 14.9 Å². The van der Waals surface area contributed by atoms with Gasteiger partial charge in [-0.1, -0.05) is 11.6 Å². The molecule has 0 saturated carbocycles. The predicted octanol–water partition coefficient (Wildman–Crippen LogP) is 2.99. The summed E-state index contributed by atoms with van der Waals surface area (Å²) in [7, 11) is 0. The van der Waals surface area contributed by atoms with E-state index in [2.05, 4.69) is 10.3 Å². The Kier molecular flexibility index (Phi) is 4.07. The van der Waals surface area contributed by atoms with Gasteiger partial charge in [0.1, 0.15) is 11.4 Å². The first kappa shape index (κ1) is 14.2. The van der Waals surface area contributed by atoms with Crippen molar-refractivity contribution in [3.63, 3.8) is 0 Å². The largest absolute Gasteiger partial charge is 0.444 e. The number of hydrogen-bond donors (Lipinski definition) is 1. The molecule has 0 aliphatic rings. The molecule has 0 bridgehead atoms. The van der Waals surface area contributed by atoms with Crippen LogP contribution in [-0.4, -0.2) is 21.6 Å². The smallest absolute Gasteiger partial charge is 0.413 e. The lowest BCUT2D eigenvalue weighted by molar-refractivity contribution is -0.385. The van der Waals surface area contributed by atoms with Crippen LogP contribution in [0.1, 0.15) is 20.8 Å². The van der Waals surface area contributed by atoms with Gasteiger partial charge in [0.05, 0.1) is 4.92 Å². The lowest BCUT2D eigenvalue weighted by atomic mass is 10.2. The highest BCUT2D eigenvalue weighted by atomic mass is 35.5. The molecule has 18 heavy (non-hydrogen) atoms. The Morgan fingerprint density at radius 3 is 2.56 bits per heavy atom. The summed E-state index contributed by atoms with van der Waals surface area (Å²) in [6.07, 6.45) is -0.708. The minimum atomic E-state index is -0.708. The quantitative estimate of drug-likeness (QED) is 0.508. The molecule has 8 heteroatoms. The lowest BCUT2D eigenvalue weighted by Crippen LogP contribution is -2.27. The van der Waals surface area contributed by atoms with Crippen LogP contribution < -0.4 is 5.32 Å². The third kappa shape index (κ3) is 4.17. The summed E-state index contributed by atoms with van der Waals surface area (Å²) in [5.74, 6) is 0.0832. The van der Waals surface area contributed by atoms with Crippen LogP contribution in [0.5, 0.6) is 0 Å². The van der Waals surface area contributed by atoms with Crippen molar-refractivity contribution < 1.29 is 14.5 Å². The molecule has 1 N–H and O–H groups in total. The van der Waals surface area contributed by atoms with Gasteiger partial charge in [0, 0.05) is 6.07 Å². The van der Waals surface area contributed by atoms with Crippen molar-refractivity contribution in [3.05, 3.63) is 27.4 Å². The molecule has 0 atom stereocenters. The Balaban J connectivity index is 2.78. The van der Waals surface area contributed by atoms with Crippen molar-refractivity contribution >= 4 is 29.2 Å². The van der Waals surface area contributed by atoms with E-state index in [1.54, 1.807) is 20.8 Å². The van der Waals surface area contributed by atoms with Crippen LogP contribution in [0.2, 0.25) is 5.15 Å². The monoisotopic (exact) mass is 273 g/mol. The van der Waals surface area contributed by atoms with Gasteiger partial charge in [0.25, 0.3) is 0 Å². The number of carbonyl (C=O) groups is 1. The van der Waals surface area contributed by atoms with Gasteiger partial charge in [-0.3, -0.25) is 15.4 Å². The number of ether oxygens (including phenoxy) is 1. The second-order valence-corrected chi connectivity index (χ2v) is 4.75. The summed E-state index contributed by atoms with van der Waals surface area (Å²) in [4.78, 5) is 24.9. The average Bonchev–Trinajstić information content (AvgIpc) is 2.13. The van der Waals surface area contributed by atoms with Crippen molar-refractivity contribution in [2.75, 3.05) is 5.32 Å². The maximum absolute atomic E-state index is 11.4. The van der Waals surface area contributed by atoms with E-state index in [1.165, 1.54) is 6.07 Å². The fraction of sp³-hybridized carbons (Fsp3) is 0.400. The van der Waals surface area contributed by atoms with Gasteiger partial charge in [-0.15, -0.1) is 0 Å². The molecule has 0 aromatic carbocycles. The topological polar surface area (TPSA) is 94.4 Å². The van der Waals surface area contributed by atoms with Crippen LogP contribution in [-0.2, 0) is 4.74 Å². The van der Waals surface area contributed by atoms with Crippen LogP contribution in [0.15, 0.2) is 12.1 Å². The molecule has 98 valence electrons. The predicted molar refractivity (Wildman–Crippen MR) is 65.8 cm³/mol. The van der Waals surface area contributed by atoms with E-state index < -0.39 is 16.6 Å². The summed E-state index contributed by atoms with van der Waals surface area (Å²) in [5, 5.41) is 12.5. The fourth-order valence-electron chi connectivity index (χ4n) is 1.04. The minimum Gasteiger partial charge on any atom is -0.444 e. The molecule has 0 aliphatic heterocycles. The van der Waals surface area contributed by atoms with E-state index in [-0.39, 0.29) is 16.7 Å². The minimum absolute atomic E-state index is 0.0832. The van der Waals surface area contributed by atoms with Crippen LogP contribution in [0, 0.1) is 10.1 Å². The third-order valence-electron chi connectivity index (χ3n) is 1.65. The number of amides is 1. The molecule has 1 heterocycles. The lowest BCUT2D eigenvalue weighted by Gasteiger charge is -2.19. The Bertz CT molecular complexity index is 485. The second-order valence-electron chi connectivity index (χ2n) is 4.39. The number of rotatable bonds is 2. The summed E-state index contributed by atoms with van der Waals surface area (Å²) >= 11 is 5.60. The molecule has 1 aromatic heterocycles. The summed E-state index contributed by atoms with van der Waals surface area (Å²) in [6.45, 7) is 5.13. The van der Waals surface area contributed by atoms with Crippen LogP contribution >= 0.6 is 11.6 Å². The fourth-order valence-corrected chi connectivity index (χ4v) is 1.26. The van der Waals surface area contributed by atoms with Gasteiger partial charge in [0.15, 0.2) is 0 Å². The zero-order valence-corrected chi connectivity index (χ0v) is 10.8. The number of nitrogens with zero attached hydrogens (tertiary/aromatic N) is 2. The van der Waals surface area contributed by atoms with Crippen LogP contribution in [0.25, 0.3) is 0 Å². The van der Waals surface area contributed by atoms with Gasteiger partial charge >= 0.3 is 11.8 Å². The van der Waals surface area contributed by atoms with Gasteiger partial charge in [-0.2, -0.15) is 0 Å². The molecule has 0 fully saturated rings. The molecule has 0 aliphatic carbocycles. The highest BCUT2D eigenvalue weighted by Crippen LogP contribution is 2.23. The van der Waals surface area contributed by atoms with Crippen molar-refractivity contribution in [1.29, 1.82) is 0 Å². The normalized spacial score (nSPS) is 10.9. The second kappa shape index (κ2) is 5.18. The molecule has 0 saturated heterocycles. The van der Waals surface area contributed by atoms with Gasteiger partial charge in [-0.25, -0.2) is 9.78 Å². The van der Waals surface area contributed by atoms with E-state index in [4.69, 9.17) is 16.3 Å². The molecular weight excluding hydrogens is 262 g/mol. The molecule has 0 spiro atoms. The van der Waals surface area contributed by atoms with Gasteiger partial charge < -0.3 is 4.74 Å². The van der Waals surface area contributed by atoms with E-state index >= 15 is 0 Å². The standard InChI is InChI=1S/C10H12ClN3O4/c1-10(2,3)18-9(15)13-7-5-4-6(14(16)17)8(11)12-7/h4-5H,1-3H3,(H,12,13,15). The van der Waals surface area contributed by atoms with Crippen LogP contribution in [0.3, 0.4) is 0 Å². The number of nitrogens with one attached hydrogen (secondary N) is 1. The maximum atomic E-state index is 11.4. The summed E-state index contributed by atoms with van der Waals surface area (Å²) in [6, 6.07) is 2.43. The summed E-state index contributed by atoms with van der Waals surface area (Å²) in [5.41, 5.74) is -0.972. The van der Waals surface area contributed by atoms with Crippen LogP contribution in [0.4, 0.5) is 16.3 Å². The maximum Gasteiger partial charge on any atom is 0.413 e. The summed E-state index contributed by atoms with van der Waals surface area (Å²) < 4.78 is 4.99. The number of nitro groups is 1. The van der Waals surface area contributed by atoms with Gasteiger partial charge in [0.2, 0.25) is 5.15 Å². The zero-order valence-electron chi connectivity index (χ0n) is 10.1.